The molecule has 1 fully saturated rings. The molecule has 2 aromatic carbocycles. The normalized spacial score (nSPS) is 15.2. The third-order valence-electron chi connectivity index (χ3n) is 4.02. The lowest BCUT2D eigenvalue weighted by Gasteiger charge is -2.12. The van der Waals surface area contributed by atoms with Crippen molar-refractivity contribution in [2.24, 2.45) is 0 Å². The van der Waals surface area contributed by atoms with Crippen molar-refractivity contribution in [2.75, 3.05) is 6.54 Å². The van der Waals surface area contributed by atoms with Crippen molar-refractivity contribution in [3.63, 3.8) is 0 Å². The minimum Gasteiger partial charge on any atom is -0.486 e. The van der Waals surface area contributed by atoms with Crippen molar-refractivity contribution >= 4 is 52.2 Å². The van der Waals surface area contributed by atoms with Crippen LogP contribution in [-0.2, 0) is 11.4 Å². The average Bonchev–Trinajstić information content (AvgIpc) is 2.94. The Labute approximate surface area is 176 Å². The number of nitriles is 1. The first-order valence-corrected chi connectivity index (χ1v) is 9.87. The number of carbonyl (C=O) groups excluding carboxylic acids is 2. The Morgan fingerprint density at radius 3 is 2.50 bits per heavy atom. The molecule has 0 saturated carbocycles. The highest BCUT2D eigenvalue weighted by Gasteiger charge is 2.33. The molecule has 2 amide bonds. The molecule has 0 aliphatic carbocycles. The minimum atomic E-state index is -0.335. The molecule has 142 valence electrons. The molecule has 3 rings (SSSR count). The van der Waals surface area contributed by atoms with E-state index in [1.807, 2.05) is 6.07 Å². The predicted octanol–water partition coefficient (Wildman–Crippen LogP) is 5.50. The summed E-state index contributed by atoms with van der Waals surface area (Å²) in [6.07, 6.45) is 1.58. The summed E-state index contributed by atoms with van der Waals surface area (Å²) in [6.45, 7) is 2.20. The Bertz CT molecular complexity index is 1010. The molecule has 0 N–H and O–H groups in total. The number of hydrogen-bond donors (Lipinski definition) is 0. The summed E-state index contributed by atoms with van der Waals surface area (Å²) < 4.78 is 5.72. The number of ether oxygens (including phenoxy) is 1. The summed E-state index contributed by atoms with van der Waals surface area (Å²) in [4.78, 5) is 25.5. The molecule has 0 bridgehead atoms. The molecular weight excluding hydrogens is 419 g/mol. The molecule has 0 radical (unpaired) electrons. The maximum Gasteiger partial charge on any atom is 0.293 e. The van der Waals surface area contributed by atoms with Gasteiger partial charge in [-0.1, -0.05) is 41.4 Å². The molecule has 28 heavy (non-hydrogen) atoms. The van der Waals surface area contributed by atoms with Crippen LogP contribution in [0.2, 0.25) is 10.0 Å². The first-order chi connectivity index (χ1) is 13.4. The van der Waals surface area contributed by atoms with E-state index in [1.54, 1.807) is 43.3 Å². The Morgan fingerprint density at radius 1 is 1.21 bits per heavy atom. The summed E-state index contributed by atoms with van der Waals surface area (Å²) in [5, 5.41) is 9.39. The summed E-state index contributed by atoms with van der Waals surface area (Å²) in [5.41, 5.74) is 1.81. The summed E-state index contributed by atoms with van der Waals surface area (Å²) in [6, 6.07) is 12.4. The highest BCUT2D eigenvalue weighted by molar-refractivity contribution is 8.18. The fourth-order valence-electron chi connectivity index (χ4n) is 2.63. The standard InChI is InChI=1S/C20H14Cl2N2O3S/c1-2-24-19(25)17(28-20(24)26)9-12-7-15(21)18(16(22)8-12)27-11-14-6-4-3-5-13(14)10-23/h3-9H,2,11H2,1H3/b17-9+. The third kappa shape index (κ3) is 4.17. The molecule has 0 spiro atoms. The highest BCUT2D eigenvalue weighted by Crippen LogP contribution is 2.37. The second kappa shape index (κ2) is 8.70. The first-order valence-electron chi connectivity index (χ1n) is 8.29. The fraction of sp³-hybridized carbons (Fsp3) is 0.150. The van der Waals surface area contributed by atoms with E-state index in [0.717, 1.165) is 17.3 Å². The molecule has 5 nitrogen and oxygen atoms in total. The second-order valence-electron chi connectivity index (χ2n) is 5.80. The monoisotopic (exact) mass is 432 g/mol. The van der Waals surface area contributed by atoms with Gasteiger partial charge in [0.1, 0.15) is 6.61 Å². The predicted molar refractivity (Wildman–Crippen MR) is 110 cm³/mol. The lowest BCUT2D eigenvalue weighted by Crippen LogP contribution is -2.27. The number of imide groups is 1. The molecular formula is C20H14Cl2N2O3S. The average molecular weight is 433 g/mol. The van der Waals surface area contributed by atoms with Crippen LogP contribution < -0.4 is 4.74 Å². The van der Waals surface area contributed by atoms with E-state index >= 15 is 0 Å². The van der Waals surface area contributed by atoms with E-state index in [4.69, 9.17) is 33.2 Å². The molecule has 8 heteroatoms. The Balaban J connectivity index is 1.82. The lowest BCUT2D eigenvalue weighted by molar-refractivity contribution is -0.122. The van der Waals surface area contributed by atoms with Gasteiger partial charge in [0.15, 0.2) is 5.75 Å². The van der Waals surface area contributed by atoms with Gasteiger partial charge < -0.3 is 4.74 Å². The number of nitrogens with zero attached hydrogens (tertiary/aromatic N) is 2. The van der Waals surface area contributed by atoms with E-state index in [-0.39, 0.29) is 33.5 Å². The number of thioether (sulfide) groups is 1. The zero-order valence-corrected chi connectivity index (χ0v) is 17.1. The molecule has 1 heterocycles. The smallest absolute Gasteiger partial charge is 0.293 e. The number of carbonyl (C=O) groups is 2. The van der Waals surface area contributed by atoms with Gasteiger partial charge in [-0.2, -0.15) is 5.26 Å². The molecule has 0 aromatic heterocycles. The van der Waals surface area contributed by atoms with E-state index < -0.39 is 0 Å². The van der Waals surface area contributed by atoms with Gasteiger partial charge in [0, 0.05) is 12.1 Å². The Hall–Kier alpha value is -2.46. The summed E-state index contributed by atoms with van der Waals surface area (Å²) >= 11 is 13.5. The van der Waals surface area contributed by atoms with Crippen LogP contribution in [0, 0.1) is 11.3 Å². The molecule has 1 aliphatic rings. The van der Waals surface area contributed by atoms with Crippen LogP contribution >= 0.6 is 35.0 Å². The molecule has 0 unspecified atom stereocenters. The topological polar surface area (TPSA) is 70.4 Å². The number of rotatable bonds is 5. The van der Waals surface area contributed by atoms with Crippen molar-refractivity contribution in [1.29, 1.82) is 5.26 Å². The van der Waals surface area contributed by atoms with Crippen LogP contribution in [0.3, 0.4) is 0 Å². The van der Waals surface area contributed by atoms with Gasteiger partial charge in [0.05, 0.1) is 26.6 Å². The van der Waals surface area contributed by atoms with Gasteiger partial charge in [0.2, 0.25) is 0 Å². The van der Waals surface area contributed by atoms with E-state index in [0.29, 0.717) is 22.6 Å². The third-order valence-corrected chi connectivity index (χ3v) is 5.49. The van der Waals surface area contributed by atoms with Crippen LogP contribution in [0.4, 0.5) is 4.79 Å². The van der Waals surface area contributed by atoms with Crippen molar-refractivity contribution in [3.05, 3.63) is 68.0 Å². The number of likely N-dealkylation sites (N-methyl/N-ethyl adjacent to an activating group) is 1. The highest BCUT2D eigenvalue weighted by atomic mass is 35.5. The molecule has 1 aliphatic heterocycles. The first kappa shape index (κ1) is 20.3. The van der Waals surface area contributed by atoms with E-state index in [1.165, 1.54) is 4.90 Å². The number of halogens is 2. The number of hydrogen-bond acceptors (Lipinski definition) is 5. The van der Waals surface area contributed by atoms with Crippen LogP contribution in [0.15, 0.2) is 41.3 Å². The van der Waals surface area contributed by atoms with Crippen LogP contribution in [0.5, 0.6) is 5.75 Å². The van der Waals surface area contributed by atoms with Crippen LogP contribution in [0.1, 0.15) is 23.6 Å². The zero-order chi connectivity index (χ0) is 20.3. The van der Waals surface area contributed by atoms with Crippen molar-refractivity contribution in [1.82, 2.24) is 4.90 Å². The number of benzene rings is 2. The second-order valence-corrected chi connectivity index (χ2v) is 7.60. The molecule has 0 atom stereocenters. The Morgan fingerprint density at radius 2 is 1.89 bits per heavy atom. The SMILES string of the molecule is CCN1C(=O)S/C(=C/c2cc(Cl)c(OCc3ccccc3C#N)c(Cl)c2)C1=O. The van der Waals surface area contributed by atoms with E-state index in [9.17, 15) is 9.59 Å². The zero-order valence-electron chi connectivity index (χ0n) is 14.7. The van der Waals surface area contributed by atoms with Crippen LogP contribution in [-0.4, -0.2) is 22.6 Å². The number of amides is 2. The van der Waals surface area contributed by atoms with Gasteiger partial charge in [-0.15, -0.1) is 0 Å². The van der Waals surface area contributed by atoms with Gasteiger partial charge in [-0.25, -0.2) is 0 Å². The fourth-order valence-corrected chi connectivity index (χ4v) is 4.15. The Kier molecular flexibility index (Phi) is 6.30. The summed E-state index contributed by atoms with van der Waals surface area (Å²) in [5.74, 6) is -0.0481. The maximum atomic E-state index is 12.2. The summed E-state index contributed by atoms with van der Waals surface area (Å²) in [7, 11) is 0. The van der Waals surface area contributed by atoms with Crippen molar-refractivity contribution < 1.29 is 14.3 Å². The lowest BCUT2D eigenvalue weighted by atomic mass is 10.1. The quantitative estimate of drug-likeness (QED) is 0.583. The van der Waals surface area contributed by atoms with E-state index in [2.05, 4.69) is 6.07 Å². The van der Waals surface area contributed by atoms with Gasteiger partial charge in [-0.3, -0.25) is 14.5 Å². The molecule has 2 aromatic rings. The van der Waals surface area contributed by atoms with Gasteiger partial charge >= 0.3 is 0 Å². The van der Waals surface area contributed by atoms with Crippen molar-refractivity contribution in [3.8, 4) is 11.8 Å². The molecule has 1 saturated heterocycles. The van der Waals surface area contributed by atoms with Gasteiger partial charge in [-0.05, 0) is 48.5 Å². The van der Waals surface area contributed by atoms with Crippen LogP contribution in [0.25, 0.3) is 6.08 Å². The van der Waals surface area contributed by atoms with Gasteiger partial charge in [0.25, 0.3) is 11.1 Å². The van der Waals surface area contributed by atoms with Crippen molar-refractivity contribution in [2.45, 2.75) is 13.5 Å². The minimum absolute atomic E-state index is 0.137. The maximum absolute atomic E-state index is 12.2. The largest absolute Gasteiger partial charge is 0.486 e.